The molecule has 1 atom stereocenters. The Hall–Kier alpha value is -1.61. The van der Waals surface area contributed by atoms with Gasteiger partial charge in [0.2, 0.25) is 0 Å². The maximum absolute atomic E-state index is 11.3. The molecule has 18 heavy (non-hydrogen) atoms. The average Bonchev–Trinajstić information content (AvgIpc) is 2.38. The molecule has 3 heteroatoms. The van der Waals surface area contributed by atoms with Gasteiger partial charge in [-0.25, -0.2) is 0 Å². The summed E-state index contributed by atoms with van der Waals surface area (Å²) in [6.45, 7) is 0. The molecule has 0 aliphatic heterocycles. The molecule has 0 heterocycles. The average molecular weight is 304 g/mol. The second-order valence-corrected chi connectivity index (χ2v) is 4.94. The van der Waals surface area contributed by atoms with E-state index in [1.165, 1.54) is 0 Å². The standard InChI is InChI=1S/C15H13BrO2/c16-14-9-5-4-8-12(14)13(15(17)18)10-11-6-2-1-3-7-11/h1-9,13H,10H2,(H,17,18)/p-1. The highest BCUT2D eigenvalue weighted by molar-refractivity contribution is 9.10. The van der Waals surface area contributed by atoms with Gasteiger partial charge in [-0.3, -0.25) is 0 Å². The molecule has 0 saturated heterocycles. The Kier molecular flexibility index (Phi) is 4.15. The van der Waals surface area contributed by atoms with Gasteiger partial charge in [0.05, 0.1) is 0 Å². The molecule has 2 aromatic rings. The van der Waals surface area contributed by atoms with Crippen molar-refractivity contribution in [1.82, 2.24) is 0 Å². The van der Waals surface area contributed by atoms with E-state index in [0.29, 0.717) is 6.42 Å². The largest absolute Gasteiger partial charge is 0.549 e. The zero-order valence-electron chi connectivity index (χ0n) is 9.68. The van der Waals surface area contributed by atoms with Crippen molar-refractivity contribution in [3.63, 3.8) is 0 Å². The van der Waals surface area contributed by atoms with Gasteiger partial charge < -0.3 is 9.90 Å². The van der Waals surface area contributed by atoms with Crippen LogP contribution in [-0.2, 0) is 11.2 Å². The molecule has 0 aliphatic carbocycles. The van der Waals surface area contributed by atoms with Crippen LogP contribution in [0, 0.1) is 0 Å². The van der Waals surface area contributed by atoms with Gasteiger partial charge >= 0.3 is 0 Å². The zero-order valence-corrected chi connectivity index (χ0v) is 11.3. The van der Waals surface area contributed by atoms with Crippen LogP contribution in [0.15, 0.2) is 59.1 Å². The fraction of sp³-hybridized carbons (Fsp3) is 0.133. The van der Waals surface area contributed by atoms with E-state index in [0.717, 1.165) is 15.6 Å². The van der Waals surface area contributed by atoms with Crippen LogP contribution in [0.25, 0.3) is 0 Å². The minimum atomic E-state index is -1.05. The first-order valence-corrected chi connectivity index (χ1v) is 6.47. The summed E-state index contributed by atoms with van der Waals surface area (Å²) in [4.78, 5) is 11.3. The predicted molar refractivity (Wildman–Crippen MR) is 72.0 cm³/mol. The van der Waals surface area contributed by atoms with Gasteiger partial charge in [-0.2, -0.15) is 0 Å². The first-order chi connectivity index (χ1) is 8.68. The van der Waals surface area contributed by atoms with Crippen LogP contribution < -0.4 is 5.11 Å². The molecule has 2 aromatic carbocycles. The number of benzene rings is 2. The molecule has 2 nitrogen and oxygen atoms in total. The van der Waals surface area contributed by atoms with E-state index in [4.69, 9.17) is 0 Å². The van der Waals surface area contributed by atoms with Crippen molar-refractivity contribution in [2.24, 2.45) is 0 Å². The third-order valence-corrected chi connectivity index (χ3v) is 3.57. The first-order valence-electron chi connectivity index (χ1n) is 5.67. The Balaban J connectivity index is 2.30. The van der Waals surface area contributed by atoms with Crippen LogP contribution in [0.1, 0.15) is 17.0 Å². The molecular formula is C15H12BrO2-. The number of aliphatic carboxylic acids is 1. The second-order valence-electron chi connectivity index (χ2n) is 4.08. The summed E-state index contributed by atoms with van der Waals surface area (Å²) in [7, 11) is 0. The molecule has 0 aromatic heterocycles. The van der Waals surface area contributed by atoms with E-state index in [2.05, 4.69) is 15.9 Å². The smallest absolute Gasteiger partial charge is 0.0493 e. The minimum Gasteiger partial charge on any atom is -0.549 e. The molecule has 1 unspecified atom stereocenters. The third kappa shape index (κ3) is 2.99. The molecule has 0 radical (unpaired) electrons. The number of carbonyl (C=O) groups excluding carboxylic acids is 1. The summed E-state index contributed by atoms with van der Waals surface area (Å²) >= 11 is 3.39. The molecule has 0 aliphatic rings. The van der Waals surface area contributed by atoms with E-state index in [1.54, 1.807) is 0 Å². The zero-order chi connectivity index (χ0) is 13.0. The number of rotatable bonds is 4. The maximum atomic E-state index is 11.3. The quantitative estimate of drug-likeness (QED) is 0.871. The van der Waals surface area contributed by atoms with Crippen molar-refractivity contribution in [3.05, 3.63) is 70.2 Å². The molecule has 0 amide bonds. The van der Waals surface area contributed by atoms with Crippen molar-refractivity contribution in [1.29, 1.82) is 0 Å². The van der Waals surface area contributed by atoms with Crippen molar-refractivity contribution in [2.75, 3.05) is 0 Å². The van der Waals surface area contributed by atoms with Crippen LogP contribution in [0.3, 0.4) is 0 Å². The van der Waals surface area contributed by atoms with Gasteiger partial charge in [-0.15, -0.1) is 0 Å². The highest BCUT2D eigenvalue weighted by Gasteiger charge is 2.15. The summed E-state index contributed by atoms with van der Waals surface area (Å²) < 4.78 is 0.801. The Labute approximate surface area is 114 Å². The van der Waals surface area contributed by atoms with E-state index in [9.17, 15) is 9.90 Å². The normalized spacial score (nSPS) is 12.1. The lowest BCUT2D eigenvalue weighted by Crippen LogP contribution is -2.31. The SMILES string of the molecule is O=C([O-])C(Cc1ccccc1)c1ccccc1Br. The summed E-state index contributed by atoms with van der Waals surface area (Å²) in [5, 5.41) is 11.3. The van der Waals surface area contributed by atoms with E-state index >= 15 is 0 Å². The molecule has 0 saturated carbocycles. The highest BCUT2D eigenvalue weighted by atomic mass is 79.9. The fourth-order valence-electron chi connectivity index (χ4n) is 1.93. The maximum Gasteiger partial charge on any atom is 0.0493 e. The number of carboxylic acid groups (broad SMARTS) is 1. The number of carbonyl (C=O) groups is 1. The van der Waals surface area contributed by atoms with Crippen LogP contribution >= 0.6 is 15.9 Å². The lowest BCUT2D eigenvalue weighted by atomic mass is 9.92. The molecule has 0 fully saturated rings. The fourth-order valence-corrected chi connectivity index (χ4v) is 2.49. The molecule has 0 N–H and O–H groups in total. The topological polar surface area (TPSA) is 40.1 Å². The molecule has 0 bridgehead atoms. The molecule has 0 spiro atoms. The number of carboxylic acids is 1. The van der Waals surface area contributed by atoms with Crippen LogP contribution in [0.4, 0.5) is 0 Å². The summed E-state index contributed by atoms with van der Waals surface area (Å²) in [5.74, 6) is -1.69. The summed E-state index contributed by atoms with van der Waals surface area (Å²) in [5.41, 5.74) is 1.74. The monoisotopic (exact) mass is 303 g/mol. The Bertz CT molecular complexity index is 537. The first kappa shape index (κ1) is 12.8. The summed E-state index contributed by atoms with van der Waals surface area (Å²) in [6.07, 6.45) is 0.436. The minimum absolute atomic E-state index is 0.436. The lowest BCUT2D eigenvalue weighted by Gasteiger charge is -2.20. The Morgan fingerprint density at radius 2 is 1.67 bits per heavy atom. The van der Waals surface area contributed by atoms with Crippen LogP contribution in [0.2, 0.25) is 0 Å². The van der Waals surface area contributed by atoms with Gasteiger partial charge in [-0.1, -0.05) is 64.5 Å². The highest BCUT2D eigenvalue weighted by Crippen LogP contribution is 2.27. The van der Waals surface area contributed by atoms with Crippen LogP contribution in [0.5, 0.6) is 0 Å². The van der Waals surface area contributed by atoms with Gasteiger partial charge in [0.25, 0.3) is 0 Å². The van der Waals surface area contributed by atoms with E-state index in [1.807, 2.05) is 54.6 Å². The van der Waals surface area contributed by atoms with Crippen molar-refractivity contribution < 1.29 is 9.90 Å². The number of hydrogen-bond acceptors (Lipinski definition) is 2. The second kappa shape index (κ2) is 5.83. The molecular weight excluding hydrogens is 292 g/mol. The van der Waals surface area contributed by atoms with Gasteiger partial charge in [0.15, 0.2) is 0 Å². The molecule has 2 rings (SSSR count). The number of halogens is 1. The molecule has 92 valence electrons. The van der Waals surface area contributed by atoms with Gasteiger partial charge in [-0.05, 0) is 23.6 Å². The predicted octanol–water partition coefficient (Wildman–Crippen LogP) is 2.53. The number of hydrogen-bond donors (Lipinski definition) is 0. The Morgan fingerprint density at radius 3 is 2.28 bits per heavy atom. The van der Waals surface area contributed by atoms with Gasteiger partial charge in [0, 0.05) is 16.4 Å². The van der Waals surface area contributed by atoms with E-state index < -0.39 is 11.9 Å². The van der Waals surface area contributed by atoms with Crippen molar-refractivity contribution in [2.45, 2.75) is 12.3 Å². The third-order valence-electron chi connectivity index (χ3n) is 2.85. The van der Waals surface area contributed by atoms with E-state index in [-0.39, 0.29) is 0 Å². The van der Waals surface area contributed by atoms with Gasteiger partial charge in [0.1, 0.15) is 0 Å². The van der Waals surface area contributed by atoms with Crippen molar-refractivity contribution in [3.8, 4) is 0 Å². The Morgan fingerprint density at radius 1 is 1.06 bits per heavy atom. The summed E-state index contributed by atoms with van der Waals surface area (Å²) in [6, 6.07) is 16.9. The van der Waals surface area contributed by atoms with Crippen LogP contribution in [-0.4, -0.2) is 5.97 Å². The lowest BCUT2D eigenvalue weighted by molar-refractivity contribution is -0.308. The van der Waals surface area contributed by atoms with Crippen molar-refractivity contribution >= 4 is 21.9 Å².